The summed E-state index contributed by atoms with van der Waals surface area (Å²) < 4.78 is 5.27. The summed E-state index contributed by atoms with van der Waals surface area (Å²) in [5, 5.41) is 5.75. The number of amides is 2. The molecule has 0 aliphatic rings. The zero-order valence-corrected chi connectivity index (χ0v) is 16.6. The number of anilines is 1. The first-order chi connectivity index (χ1) is 13.2. The molecule has 0 spiro atoms. The predicted octanol–water partition coefficient (Wildman–Crippen LogP) is 4.21. The molecular weight excluding hydrogens is 360 g/mol. The summed E-state index contributed by atoms with van der Waals surface area (Å²) in [7, 11) is 0. The van der Waals surface area contributed by atoms with Crippen LogP contribution in [0.4, 0.5) is 5.69 Å². The van der Waals surface area contributed by atoms with Crippen molar-refractivity contribution >= 4 is 29.3 Å². The first-order valence-electron chi connectivity index (χ1n) is 9.15. The van der Waals surface area contributed by atoms with E-state index in [4.69, 9.17) is 4.74 Å². The van der Waals surface area contributed by atoms with E-state index in [1.807, 2.05) is 32.0 Å². The minimum Gasteiger partial charge on any atom is -0.382 e. The van der Waals surface area contributed by atoms with Gasteiger partial charge in [0.15, 0.2) is 0 Å². The molecule has 2 aromatic carbocycles. The van der Waals surface area contributed by atoms with Crippen molar-refractivity contribution in [3.05, 3.63) is 59.7 Å². The lowest BCUT2D eigenvalue weighted by Gasteiger charge is -2.13. The van der Waals surface area contributed by atoms with Crippen LogP contribution < -0.4 is 10.6 Å². The van der Waals surface area contributed by atoms with Crippen LogP contribution in [0.25, 0.3) is 0 Å². The van der Waals surface area contributed by atoms with Crippen LogP contribution in [0.15, 0.2) is 53.4 Å². The Morgan fingerprint density at radius 2 is 1.67 bits per heavy atom. The summed E-state index contributed by atoms with van der Waals surface area (Å²) in [6, 6.07) is 14.5. The number of carbonyl (C=O) groups excluding carboxylic acids is 2. The van der Waals surface area contributed by atoms with Gasteiger partial charge in [0.1, 0.15) is 0 Å². The predicted molar refractivity (Wildman–Crippen MR) is 111 cm³/mol. The molecule has 0 aliphatic heterocycles. The lowest BCUT2D eigenvalue weighted by molar-refractivity contribution is 0.0945. The third-order valence-electron chi connectivity index (χ3n) is 3.81. The second-order valence-electron chi connectivity index (χ2n) is 5.74. The standard InChI is InChI=1S/C21H26N2O3S/c1-3-26-15-9-14-22-20(24)16-10-5-7-12-18(16)23-21(25)17-11-6-8-13-19(17)27-4-2/h5-8,10-13H,3-4,9,14-15H2,1-2H3,(H,22,24)(H,23,25). The Labute approximate surface area is 164 Å². The summed E-state index contributed by atoms with van der Waals surface area (Å²) in [6.45, 7) is 5.79. The summed E-state index contributed by atoms with van der Waals surface area (Å²) in [4.78, 5) is 26.1. The van der Waals surface area contributed by atoms with Crippen molar-refractivity contribution in [1.82, 2.24) is 5.32 Å². The van der Waals surface area contributed by atoms with Crippen LogP contribution in [0.1, 0.15) is 41.0 Å². The van der Waals surface area contributed by atoms with Crippen molar-refractivity contribution in [2.24, 2.45) is 0 Å². The topological polar surface area (TPSA) is 67.4 Å². The molecule has 2 rings (SSSR count). The summed E-state index contributed by atoms with van der Waals surface area (Å²) in [6.07, 6.45) is 0.746. The molecule has 2 N–H and O–H groups in total. The van der Waals surface area contributed by atoms with Crippen molar-refractivity contribution in [3.63, 3.8) is 0 Å². The molecule has 0 heterocycles. The van der Waals surface area contributed by atoms with Crippen molar-refractivity contribution in [2.45, 2.75) is 25.2 Å². The number of para-hydroxylation sites is 1. The fourth-order valence-corrected chi connectivity index (χ4v) is 3.33. The lowest BCUT2D eigenvalue weighted by Crippen LogP contribution is -2.27. The smallest absolute Gasteiger partial charge is 0.256 e. The molecule has 27 heavy (non-hydrogen) atoms. The normalized spacial score (nSPS) is 10.4. The van der Waals surface area contributed by atoms with Crippen molar-refractivity contribution in [3.8, 4) is 0 Å². The Bertz CT molecular complexity index is 765. The van der Waals surface area contributed by atoms with Crippen molar-refractivity contribution < 1.29 is 14.3 Å². The molecule has 0 bridgehead atoms. The van der Waals surface area contributed by atoms with Gasteiger partial charge in [-0.15, -0.1) is 11.8 Å². The molecule has 0 aromatic heterocycles. The molecule has 0 fully saturated rings. The quantitative estimate of drug-likeness (QED) is 0.474. The molecule has 0 aliphatic carbocycles. The molecule has 0 atom stereocenters. The van der Waals surface area contributed by atoms with Gasteiger partial charge < -0.3 is 15.4 Å². The van der Waals surface area contributed by atoms with E-state index < -0.39 is 0 Å². The van der Waals surface area contributed by atoms with Crippen molar-refractivity contribution in [2.75, 3.05) is 30.8 Å². The molecule has 5 nitrogen and oxygen atoms in total. The van der Waals surface area contributed by atoms with Gasteiger partial charge in [0.2, 0.25) is 0 Å². The summed E-state index contributed by atoms with van der Waals surface area (Å²) in [5.74, 6) is 0.451. The van der Waals surface area contributed by atoms with Gasteiger partial charge in [0.25, 0.3) is 11.8 Å². The second-order valence-corrected chi connectivity index (χ2v) is 7.04. The third-order valence-corrected chi connectivity index (χ3v) is 4.76. The molecule has 0 radical (unpaired) electrons. The molecule has 2 amide bonds. The number of thioether (sulfide) groups is 1. The molecule has 0 saturated heterocycles. The summed E-state index contributed by atoms with van der Waals surface area (Å²) in [5.41, 5.74) is 1.56. The van der Waals surface area contributed by atoms with Crippen LogP contribution in [0.5, 0.6) is 0 Å². The van der Waals surface area contributed by atoms with E-state index in [9.17, 15) is 9.59 Å². The maximum atomic E-state index is 12.7. The van der Waals surface area contributed by atoms with Crippen LogP contribution >= 0.6 is 11.8 Å². The third kappa shape index (κ3) is 6.41. The number of hydrogen-bond donors (Lipinski definition) is 2. The highest BCUT2D eigenvalue weighted by atomic mass is 32.2. The number of nitrogens with one attached hydrogen (secondary N) is 2. The molecule has 144 valence electrons. The molecular formula is C21H26N2O3S. The largest absolute Gasteiger partial charge is 0.382 e. The average molecular weight is 387 g/mol. The Kier molecular flexibility index (Phi) is 8.87. The second kappa shape index (κ2) is 11.4. The van der Waals surface area contributed by atoms with E-state index in [0.29, 0.717) is 36.6 Å². The Balaban J connectivity index is 2.07. The zero-order valence-electron chi connectivity index (χ0n) is 15.8. The minimum atomic E-state index is -0.219. The van der Waals surface area contributed by atoms with E-state index in [1.54, 1.807) is 42.1 Å². The van der Waals surface area contributed by atoms with E-state index in [0.717, 1.165) is 17.1 Å². The average Bonchev–Trinajstić information content (AvgIpc) is 2.68. The van der Waals surface area contributed by atoms with Crippen LogP contribution in [-0.4, -0.2) is 37.3 Å². The number of rotatable bonds is 10. The first-order valence-corrected chi connectivity index (χ1v) is 10.1. The van der Waals surface area contributed by atoms with Crippen LogP contribution in [0, 0.1) is 0 Å². The maximum absolute atomic E-state index is 12.7. The molecule has 0 saturated carbocycles. The van der Waals surface area contributed by atoms with Crippen LogP contribution in [-0.2, 0) is 4.74 Å². The summed E-state index contributed by atoms with van der Waals surface area (Å²) >= 11 is 1.62. The van der Waals surface area contributed by atoms with Gasteiger partial charge in [-0.1, -0.05) is 31.2 Å². The van der Waals surface area contributed by atoms with Gasteiger partial charge in [0.05, 0.1) is 16.8 Å². The lowest BCUT2D eigenvalue weighted by atomic mass is 10.1. The highest BCUT2D eigenvalue weighted by Gasteiger charge is 2.15. The molecule has 6 heteroatoms. The van der Waals surface area contributed by atoms with Gasteiger partial charge >= 0.3 is 0 Å². The van der Waals surface area contributed by atoms with Crippen LogP contribution in [0.3, 0.4) is 0 Å². The Morgan fingerprint density at radius 1 is 0.963 bits per heavy atom. The van der Waals surface area contributed by atoms with Gasteiger partial charge in [0, 0.05) is 24.7 Å². The van der Waals surface area contributed by atoms with E-state index >= 15 is 0 Å². The number of hydrogen-bond acceptors (Lipinski definition) is 4. The van der Waals surface area contributed by atoms with E-state index in [2.05, 4.69) is 10.6 Å². The minimum absolute atomic E-state index is 0.210. The van der Waals surface area contributed by atoms with Gasteiger partial charge in [-0.3, -0.25) is 9.59 Å². The van der Waals surface area contributed by atoms with E-state index in [-0.39, 0.29) is 11.8 Å². The van der Waals surface area contributed by atoms with E-state index in [1.165, 1.54) is 0 Å². The number of ether oxygens (including phenoxy) is 1. The highest BCUT2D eigenvalue weighted by molar-refractivity contribution is 7.99. The molecule has 0 unspecified atom stereocenters. The maximum Gasteiger partial charge on any atom is 0.256 e. The molecule has 2 aromatic rings. The van der Waals surface area contributed by atoms with Crippen LogP contribution in [0.2, 0.25) is 0 Å². The Hall–Kier alpha value is -2.31. The first kappa shape index (κ1) is 21.0. The fourth-order valence-electron chi connectivity index (χ4n) is 2.53. The number of carbonyl (C=O) groups is 2. The SMILES string of the molecule is CCOCCCNC(=O)c1ccccc1NC(=O)c1ccccc1SCC. The van der Waals surface area contributed by atoms with Crippen molar-refractivity contribution in [1.29, 1.82) is 0 Å². The highest BCUT2D eigenvalue weighted by Crippen LogP contribution is 2.24. The van der Waals surface area contributed by atoms with Gasteiger partial charge in [-0.25, -0.2) is 0 Å². The Morgan fingerprint density at radius 3 is 2.41 bits per heavy atom. The zero-order chi connectivity index (χ0) is 19.5. The van der Waals surface area contributed by atoms with Gasteiger partial charge in [-0.05, 0) is 43.4 Å². The number of benzene rings is 2. The monoisotopic (exact) mass is 386 g/mol. The van der Waals surface area contributed by atoms with Gasteiger partial charge in [-0.2, -0.15) is 0 Å². The fraction of sp³-hybridized carbons (Fsp3) is 0.333.